The third kappa shape index (κ3) is 3.72. The quantitative estimate of drug-likeness (QED) is 0.922. The Hall–Kier alpha value is -1.04. The molecule has 1 aliphatic rings. The highest BCUT2D eigenvalue weighted by atomic mass is 19.4. The average molecular weight is 276 g/mol. The van der Waals surface area contributed by atoms with E-state index in [0.29, 0.717) is 25.7 Å². The van der Waals surface area contributed by atoms with Crippen LogP contribution in [0.15, 0.2) is 12.4 Å². The van der Waals surface area contributed by atoms with Crippen LogP contribution in [0.3, 0.4) is 0 Å². The first-order valence-corrected chi connectivity index (χ1v) is 6.55. The summed E-state index contributed by atoms with van der Waals surface area (Å²) < 4.78 is 39.8. The predicted molar refractivity (Wildman–Crippen MR) is 64.5 cm³/mol. The van der Waals surface area contributed by atoms with Crippen molar-refractivity contribution in [1.82, 2.24) is 9.78 Å². The molecule has 19 heavy (non-hydrogen) atoms. The summed E-state index contributed by atoms with van der Waals surface area (Å²) in [5.41, 5.74) is -0.237. The molecule has 0 bridgehead atoms. The SMILES string of the molecule is Cn1cc(CCC2(O)CCCC(C(F)(F)F)C2)cn1. The molecule has 1 N–H and O–H groups in total. The van der Waals surface area contributed by atoms with Gasteiger partial charge in [0.1, 0.15) is 0 Å². The van der Waals surface area contributed by atoms with Crippen LogP contribution >= 0.6 is 0 Å². The maximum Gasteiger partial charge on any atom is 0.391 e. The van der Waals surface area contributed by atoms with Gasteiger partial charge < -0.3 is 5.11 Å². The fraction of sp³-hybridized carbons (Fsp3) is 0.769. The molecule has 1 aromatic rings. The standard InChI is InChI=1S/C13H19F3N2O/c1-18-9-10(8-17-18)4-6-12(19)5-2-3-11(7-12)13(14,15)16/h8-9,11,19H,2-7H2,1H3. The van der Waals surface area contributed by atoms with Crippen LogP contribution in [0.5, 0.6) is 0 Å². The fourth-order valence-electron chi connectivity index (χ4n) is 2.82. The monoisotopic (exact) mass is 276 g/mol. The number of halogens is 3. The minimum absolute atomic E-state index is 0.138. The van der Waals surface area contributed by atoms with E-state index in [1.54, 1.807) is 17.9 Å². The third-order valence-corrected chi connectivity index (χ3v) is 3.92. The molecule has 2 atom stereocenters. The Balaban J connectivity index is 1.94. The van der Waals surface area contributed by atoms with Gasteiger partial charge in [-0.2, -0.15) is 18.3 Å². The Kier molecular flexibility index (Phi) is 3.90. The van der Waals surface area contributed by atoms with Gasteiger partial charge in [-0.25, -0.2) is 0 Å². The molecule has 2 rings (SSSR count). The van der Waals surface area contributed by atoms with Gasteiger partial charge in [0.05, 0.1) is 17.7 Å². The minimum atomic E-state index is -4.19. The molecule has 1 aromatic heterocycles. The van der Waals surface area contributed by atoms with Gasteiger partial charge in [0.15, 0.2) is 0 Å². The van der Waals surface area contributed by atoms with Crippen molar-refractivity contribution in [3.8, 4) is 0 Å². The van der Waals surface area contributed by atoms with E-state index in [0.717, 1.165) is 5.56 Å². The maximum absolute atomic E-state index is 12.7. The molecule has 3 nitrogen and oxygen atoms in total. The summed E-state index contributed by atoms with van der Waals surface area (Å²) >= 11 is 0. The van der Waals surface area contributed by atoms with Crippen LogP contribution in [-0.4, -0.2) is 26.7 Å². The Morgan fingerprint density at radius 1 is 1.53 bits per heavy atom. The molecular formula is C13H19F3N2O. The van der Waals surface area contributed by atoms with Crippen LogP contribution in [0, 0.1) is 5.92 Å². The molecule has 108 valence electrons. The summed E-state index contributed by atoms with van der Waals surface area (Å²) in [7, 11) is 1.79. The van der Waals surface area contributed by atoms with Gasteiger partial charge in [-0.05, 0) is 44.1 Å². The van der Waals surface area contributed by atoms with Crippen molar-refractivity contribution < 1.29 is 18.3 Å². The Labute approximate surface area is 110 Å². The Bertz CT molecular complexity index is 430. The first-order valence-electron chi connectivity index (χ1n) is 6.55. The summed E-state index contributed by atoms with van der Waals surface area (Å²) in [5.74, 6) is -1.36. The minimum Gasteiger partial charge on any atom is -0.390 e. The lowest BCUT2D eigenvalue weighted by atomic mass is 9.75. The molecular weight excluding hydrogens is 257 g/mol. The van der Waals surface area contributed by atoms with Gasteiger partial charge in [-0.1, -0.05) is 0 Å². The second-order valence-electron chi connectivity index (χ2n) is 5.58. The normalized spacial score (nSPS) is 28.6. The highest BCUT2D eigenvalue weighted by Crippen LogP contribution is 2.43. The lowest BCUT2D eigenvalue weighted by molar-refractivity contribution is -0.201. The number of rotatable bonds is 3. The van der Waals surface area contributed by atoms with Crippen molar-refractivity contribution in [3.63, 3.8) is 0 Å². The first-order chi connectivity index (χ1) is 8.78. The molecule has 6 heteroatoms. The van der Waals surface area contributed by atoms with Gasteiger partial charge in [0.25, 0.3) is 0 Å². The van der Waals surface area contributed by atoms with E-state index in [1.807, 2.05) is 6.20 Å². The molecule has 1 saturated carbocycles. The van der Waals surface area contributed by atoms with Crippen molar-refractivity contribution in [2.45, 2.75) is 50.3 Å². The zero-order chi connectivity index (χ0) is 14.1. The lowest BCUT2D eigenvalue weighted by Gasteiger charge is -2.37. The number of alkyl halides is 3. The average Bonchev–Trinajstić information content (AvgIpc) is 2.72. The Morgan fingerprint density at radius 2 is 2.26 bits per heavy atom. The highest BCUT2D eigenvalue weighted by molar-refractivity contribution is 5.05. The molecule has 1 heterocycles. The molecule has 1 aliphatic carbocycles. The van der Waals surface area contributed by atoms with Gasteiger partial charge >= 0.3 is 6.18 Å². The summed E-state index contributed by atoms with van der Waals surface area (Å²) in [4.78, 5) is 0. The lowest BCUT2D eigenvalue weighted by Crippen LogP contribution is -2.40. The molecule has 0 radical (unpaired) electrons. The molecule has 0 spiro atoms. The number of aromatic nitrogens is 2. The third-order valence-electron chi connectivity index (χ3n) is 3.92. The second kappa shape index (κ2) is 5.15. The molecule has 2 unspecified atom stereocenters. The largest absolute Gasteiger partial charge is 0.391 e. The van der Waals surface area contributed by atoms with E-state index in [2.05, 4.69) is 5.10 Å². The molecule has 0 amide bonds. The maximum atomic E-state index is 12.7. The van der Waals surface area contributed by atoms with Gasteiger partial charge in [0, 0.05) is 13.2 Å². The highest BCUT2D eigenvalue weighted by Gasteiger charge is 2.46. The van der Waals surface area contributed by atoms with Gasteiger partial charge in [-0.15, -0.1) is 0 Å². The number of hydrogen-bond donors (Lipinski definition) is 1. The molecule has 0 aliphatic heterocycles. The zero-order valence-electron chi connectivity index (χ0n) is 11.0. The smallest absolute Gasteiger partial charge is 0.390 e. The molecule has 1 fully saturated rings. The van der Waals surface area contributed by atoms with Crippen LogP contribution in [0.1, 0.15) is 37.7 Å². The van der Waals surface area contributed by atoms with E-state index < -0.39 is 17.7 Å². The van der Waals surface area contributed by atoms with Crippen molar-refractivity contribution in [2.75, 3.05) is 0 Å². The fourth-order valence-corrected chi connectivity index (χ4v) is 2.82. The van der Waals surface area contributed by atoms with Gasteiger partial charge in [-0.3, -0.25) is 4.68 Å². The van der Waals surface area contributed by atoms with Crippen molar-refractivity contribution in [1.29, 1.82) is 0 Å². The summed E-state index contributed by atoms with van der Waals surface area (Å²) in [6, 6.07) is 0. The number of nitrogens with zero attached hydrogens (tertiary/aromatic N) is 2. The summed E-state index contributed by atoms with van der Waals surface area (Å²) in [6.45, 7) is 0. The van der Waals surface area contributed by atoms with E-state index >= 15 is 0 Å². The second-order valence-corrected chi connectivity index (χ2v) is 5.58. The van der Waals surface area contributed by atoms with Crippen LogP contribution in [0.25, 0.3) is 0 Å². The summed E-state index contributed by atoms with van der Waals surface area (Å²) in [6.07, 6.45) is 1.12. The Morgan fingerprint density at radius 3 is 2.84 bits per heavy atom. The van der Waals surface area contributed by atoms with Crippen molar-refractivity contribution >= 4 is 0 Å². The van der Waals surface area contributed by atoms with Gasteiger partial charge in [0.2, 0.25) is 0 Å². The number of hydrogen-bond acceptors (Lipinski definition) is 2. The van der Waals surface area contributed by atoms with Crippen molar-refractivity contribution in [3.05, 3.63) is 18.0 Å². The zero-order valence-corrected chi connectivity index (χ0v) is 11.0. The number of aliphatic hydroxyl groups is 1. The van der Waals surface area contributed by atoms with Crippen LogP contribution in [0.4, 0.5) is 13.2 Å². The molecule has 0 saturated heterocycles. The van der Waals surface area contributed by atoms with Crippen LogP contribution < -0.4 is 0 Å². The first kappa shape index (κ1) is 14.4. The van der Waals surface area contributed by atoms with Crippen molar-refractivity contribution in [2.24, 2.45) is 13.0 Å². The molecule has 0 aromatic carbocycles. The van der Waals surface area contributed by atoms with E-state index in [4.69, 9.17) is 0 Å². The topological polar surface area (TPSA) is 38.0 Å². The predicted octanol–water partition coefficient (Wildman–Crippen LogP) is 2.84. The van der Waals surface area contributed by atoms with Crippen LogP contribution in [0.2, 0.25) is 0 Å². The van der Waals surface area contributed by atoms with E-state index in [9.17, 15) is 18.3 Å². The number of aryl methyl sites for hydroxylation is 2. The van der Waals surface area contributed by atoms with E-state index in [-0.39, 0.29) is 12.8 Å². The summed E-state index contributed by atoms with van der Waals surface area (Å²) in [5, 5.41) is 14.4. The van der Waals surface area contributed by atoms with Crippen LogP contribution in [-0.2, 0) is 13.5 Å². The van der Waals surface area contributed by atoms with E-state index in [1.165, 1.54) is 0 Å².